The molecular formula is C18H32N2O. The summed E-state index contributed by atoms with van der Waals surface area (Å²) in [5.41, 5.74) is 6.42. The molecule has 0 bridgehead atoms. The van der Waals surface area contributed by atoms with Crippen molar-refractivity contribution in [1.29, 1.82) is 0 Å². The Morgan fingerprint density at radius 1 is 1.29 bits per heavy atom. The molecule has 3 nitrogen and oxygen atoms in total. The van der Waals surface area contributed by atoms with E-state index in [0.717, 1.165) is 30.5 Å². The summed E-state index contributed by atoms with van der Waals surface area (Å²) in [4.78, 5) is 2.45. The molecule has 1 heterocycles. The van der Waals surface area contributed by atoms with Gasteiger partial charge in [-0.15, -0.1) is 0 Å². The second kappa shape index (κ2) is 6.53. The van der Waals surface area contributed by atoms with Crippen LogP contribution in [0.4, 0.5) is 0 Å². The van der Waals surface area contributed by atoms with Gasteiger partial charge in [0.15, 0.2) is 0 Å². The smallest absolute Gasteiger partial charge is 0.118 e. The van der Waals surface area contributed by atoms with Crippen molar-refractivity contribution >= 4 is 0 Å². The minimum absolute atomic E-state index is 0.389. The normalized spacial score (nSPS) is 27.3. The maximum absolute atomic E-state index is 6.03. The largest absolute Gasteiger partial charge is 0.465 e. The SMILES string of the molecule is Cc1ccc(CN(C)C2CC(C(C)(C)C)CCC2CN)o1. The van der Waals surface area contributed by atoms with Gasteiger partial charge in [-0.1, -0.05) is 20.8 Å². The predicted octanol–water partition coefficient (Wildman–Crippen LogP) is 3.81. The van der Waals surface area contributed by atoms with Gasteiger partial charge in [0.1, 0.15) is 11.5 Å². The molecular weight excluding hydrogens is 260 g/mol. The Morgan fingerprint density at radius 3 is 2.52 bits per heavy atom. The quantitative estimate of drug-likeness (QED) is 0.917. The fraction of sp³-hybridized carbons (Fsp3) is 0.778. The van der Waals surface area contributed by atoms with Gasteiger partial charge in [-0.2, -0.15) is 0 Å². The van der Waals surface area contributed by atoms with Gasteiger partial charge in [0.2, 0.25) is 0 Å². The molecule has 3 heteroatoms. The van der Waals surface area contributed by atoms with Crippen molar-refractivity contribution in [2.24, 2.45) is 23.0 Å². The molecule has 0 radical (unpaired) electrons. The van der Waals surface area contributed by atoms with E-state index >= 15 is 0 Å². The van der Waals surface area contributed by atoms with Gasteiger partial charge >= 0.3 is 0 Å². The van der Waals surface area contributed by atoms with Gasteiger partial charge in [-0.25, -0.2) is 0 Å². The molecule has 21 heavy (non-hydrogen) atoms. The van der Waals surface area contributed by atoms with Crippen molar-refractivity contribution in [2.45, 2.75) is 59.5 Å². The zero-order valence-electron chi connectivity index (χ0n) is 14.4. The summed E-state index contributed by atoms with van der Waals surface area (Å²) in [7, 11) is 2.22. The van der Waals surface area contributed by atoms with Crippen molar-refractivity contribution in [2.75, 3.05) is 13.6 Å². The second-order valence-electron chi connectivity index (χ2n) is 7.87. The van der Waals surface area contributed by atoms with Crippen molar-refractivity contribution in [1.82, 2.24) is 4.90 Å². The van der Waals surface area contributed by atoms with Gasteiger partial charge in [0.05, 0.1) is 6.54 Å². The summed E-state index contributed by atoms with van der Waals surface area (Å²) in [5.74, 6) is 3.45. The third-order valence-corrected chi connectivity index (χ3v) is 5.25. The van der Waals surface area contributed by atoms with E-state index in [9.17, 15) is 0 Å². The molecule has 0 saturated heterocycles. The topological polar surface area (TPSA) is 42.4 Å². The lowest BCUT2D eigenvalue weighted by molar-refractivity contribution is 0.0522. The van der Waals surface area contributed by atoms with Gasteiger partial charge in [0, 0.05) is 6.04 Å². The van der Waals surface area contributed by atoms with Crippen LogP contribution in [0.15, 0.2) is 16.5 Å². The van der Waals surface area contributed by atoms with Gasteiger partial charge in [-0.3, -0.25) is 4.90 Å². The average Bonchev–Trinajstić information content (AvgIpc) is 2.82. The van der Waals surface area contributed by atoms with Crippen molar-refractivity contribution in [3.05, 3.63) is 23.7 Å². The molecule has 2 N–H and O–H groups in total. The van der Waals surface area contributed by atoms with Crippen LogP contribution in [-0.4, -0.2) is 24.5 Å². The Balaban J connectivity index is 2.05. The molecule has 1 aromatic heterocycles. The fourth-order valence-electron chi connectivity index (χ4n) is 3.74. The minimum Gasteiger partial charge on any atom is -0.465 e. The molecule has 3 unspecified atom stereocenters. The number of aryl methyl sites for hydroxylation is 1. The number of furan rings is 1. The van der Waals surface area contributed by atoms with E-state index in [2.05, 4.69) is 38.8 Å². The van der Waals surface area contributed by atoms with Crippen LogP contribution >= 0.6 is 0 Å². The van der Waals surface area contributed by atoms with Crippen LogP contribution in [0.25, 0.3) is 0 Å². The van der Waals surface area contributed by atoms with Crippen LogP contribution in [0.1, 0.15) is 51.6 Å². The zero-order chi connectivity index (χ0) is 15.6. The Morgan fingerprint density at radius 2 is 2.00 bits per heavy atom. The summed E-state index contributed by atoms with van der Waals surface area (Å²) in [6.07, 6.45) is 3.82. The summed E-state index contributed by atoms with van der Waals surface area (Å²) in [5, 5.41) is 0. The van der Waals surface area contributed by atoms with Gasteiger partial charge < -0.3 is 10.2 Å². The number of nitrogens with zero attached hydrogens (tertiary/aromatic N) is 1. The molecule has 0 aliphatic heterocycles. The molecule has 1 aliphatic carbocycles. The Labute approximate surface area is 129 Å². The number of hydrogen-bond acceptors (Lipinski definition) is 3. The number of hydrogen-bond donors (Lipinski definition) is 1. The van der Waals surface area contributed by atoms with Crippen LogP contribution in [0.2, 0.25) is 0 Å². The van der Waals surface area contributed by atoms with Crippen molar-refractivity contribution in [3.8, 4) is 0 Å². The Bertz CT molecular complexity index is 446. The molecule has 0 aromatic carbocycles. The van der Waals surface area contributed by atoms with Gasteiger partial charge in [0.25, 0.3) is 0 Å². The van der Waals surface area contributed by atoms with Crippen molar-refractivity contribution < 1.29 is 4.42 Å². The molecule has 1 aliphatic rings. The highest BCUT2D eigenvalue weighted by molar-refractivity contribution is 5.05. The molecule has 120 valence electrons. The summed E-state index contributed by atoms with van der Waals surface area (Å²) < 4.78 is 5.74. The monoisotopic (exact) mass is 292 g/mol. The third kappa shape index (κ3) is 4.10. The molecule has 1 saturated carbocycles. The summed E-state index contributed by atoms with van der Waals surface area (Å²) in [6, 6.07) is 4.70. The second-order valence-corrected chi connectivity index (χ2v) is 7.87. The van der Waals surface area contributed by atoms with E-state index in [1.807, 2.05) is 13.0 Å². The highest BCUT2D eigenvalue weighted by atomic mass is 16.3. The first kappa shape index (κ1) is 16.6. The number of nitrogens with two attached hydrogens (primary N) is 1. The lowest BCUT2D eigenvalue weighted by Crippen LogP contribution is -2.46. The van der Waals surface area contributed by atoms with E-state index in [4.69, 9.17) is 10.2 Å². The highest BCUT2D eigenvalue weighted by Crippen LogP contribution is 2.41. The van der Waals surface area contributed by atoms with E-state index in [0.29, 0.717) is 17.4 Å². The molecule has 0 amide bonds. The summed E-state index contributed by atoms with van der Waals surface area (Å²) in [6.45, 7) is 10.8. The standard InChI is InChI=1S/C18H32N2O/c1-13-6-9-16(21-13)12-20(5)17-10-15(18(2,3)4)8-7-14(17)11-19/h6,9,14-15,17H,7-8,10-12,19H2,1-5H3. The van der Waals surface area contributed by atoms with Crippen LogP contribution in [0.5, 0.6) is 0 Å². The van der Waals surface area contributed by atoms with E-state index in [1.54, 1.807) is 0 Å². The third-order valence-electron chi connectivity index (χ3n) is 5.25. The van der Waals surface area contributed by atoms with Gasteiger partial charge in [-0.05, 0) is 69.2 Å². The molecule has 1 fully saturated rings. The first-order valence-corrected chi connectivity index (χ1v) is 8.27. The minimum atomic E-state index is 0.389. The number of rotatable bonds is 4. The zero-order valence-corrected chi connectivity index (χ0v) is 14.4. The van der Waals surface area contributed by atoms with Crippen molar-refractivity contribution in [3.63, 3.8) is 0 Å². The first-order valence-electron chi connectivity index (χ1n) is 8.27. The Kier molecular flexibility index (Phi) is 5.15. The molecule has 2 rings (SSSR count). The Hall–Kier alpha value is -0.800. The summed E-state index contributed by atoms with van der Waals surface area (Å²) >= 11 is 0. The molecule has 1 aromatic rings. The van der Waals surface area contributed by atoms with E-state index in [1.165, 1.54) is 19.3 Å². The average molecular weight is 292 g/mol. The fourth-order valence-corrected chi connectivity index (χ4v) is 3.74. The maximum atomic E-state index is 6.03. The molecule has 3 atom stereocenters. The van der Waals surface area contributed by atoms with Crippen LogP contribution in [-0.2, 0) is 6.54 Å². The molecule has 0 spiro atoms. The lowest BCUT2D eigenvalue weighted by Gasteiger charge is -2.45. The highest BCUT2D eigenvalue weighted by Gasteiger charge is 2.37. The lowest BCUT2D eigenvalue weighted by atomic mass is 9.67. The van der Waals surface area contributed by atoms with Crippen LogP contribution < -0.4 is 5.73 Å². The van der Waals surface area contributed by atoms with E-state index < -0.39 is 0 Å². The van der Waals surface area contributed by atoms with Crippen LogP contribution in [0.3, 0.4) is 0 Å². The predicted molar refractivity (Wildman–Crippen MR) is 88.0 cm³/mol. The maximum Gasteiger partial charge on any atom is 0.118 e. The van der Waals surface area contributed by atoms with Crippen LogP contribution in [0, 0.1) is 24.2 Å². The first-order chi connectivity index (χ1) is 9.81. The van der Waals surface area contributed by atoms with E-state index in [-0.39, 0.29) is 0 Å².